The largest absolute Gasteiger partial charge is 0.463 e. The Kier molecular flexibility index (Phi) is 5.92. The zero-order chi connectivity index (χ0) is 24.0. The number of aryl methyl sites for hydroxylation is 1. The van der Waals surface area contributed by atoms with Gasteiger partial charge in [0.25, 0.3) is 0 Å². The molecule has 0 aliphatic carbocycles. The van der Waals surface area contributed by atoms with Gasteiger partial charge >= 0.3 is 0 Å². The van der Waals surface area contributed by atoms with E-state index < -0.39 is 37.3 Å². The quantitative estimate of drug-likeness (QED) is 0.423. The lowest BCUT2D eigenvalue weighted by atomic mass is 9.99. The zero-order valence-corrected chi connectivity index (χ0v) is 18.2. The molecule has 4 N–H and O–H groups in total. The van der Waals surface area contributed by atoms with Crippen LogP contribution in [0.1, 0.15) is 12.5 Å². The topological polar surface area (TPSA) is 148 Å². The van der Waals surface area contributed by atoms with E-state index in [4.69, 9.17) is 23.4 Å². The van der Waals surface area contributed by atoms with Gasteiger partial charge in [0.2, 0.25) is 18.5 Å². The highest BCUT2D eigenvalue weighted by Crippen LogP contribution is 2.36. The van der Waals surface area contributed by atoms with Crippen LogP contribution in [0, 0.1) is 0 Å². The molecule has 10 nitrogen and oxygen atoms in total. The van der Waals surface area contributed by atoms with Crippen LogP contribution in [0.3, 0.4) is 0 Å². The minimum atomic E-state index is -1.57. The third kappa shape index (κ3) is 3.79. The van der Waals surface area contributed by atoms with E-state index in [0.29, 0.717) is 40.0 Å². The van der Waals surface area contributed by atoms with Gasteiger partial charge in [0.1, 0.15) is 42.0 Å². The summed E-state index contributed by atoms with van der Waals surface area (Å²) in [7, 11) is 0. The number of rotatable bonds is 5. The Bertz CT molecular complexity index is 1270. The number of aliphatic hydroxyl groups is 4. The van der Waals surface area contributed by atoms with Crippen molar-refractivity contribution in [3.8, 4) is 28.4 Å². The lowest BCUT2D eigenvalue weighted by molar-refractivity contribution is -0.277. The highest BCUT2D eigenvalue weighted by Gasteiger charge is 2.44. The molecule has 180 valence electrons. The van der Waals surface area contributed by atoms with Crippen LogP contribution in [0.2, 0.25) is 0 Å². The van der Waals surface area contributed by atoms with Gasteiger partial charge in [-0.15, -0.1) is 0 Å². The number of fused-ring (bicyclic) bond motifs is 2. The first-order valence-electron chi connectivity index (χ1n) is 10.9. The summed E-state index contributed by atoms with van der Waals surface area (Å²) >= 11 is 0. The monoisotopic (exact) mass is 472 g/mol. The molecule has 3 heterocycles. The molecule has 5 unspecified atom stereocenters. The number of hydrogen-bond donors (Lipinski definition) is 4. The SMILES string of the molecule is CCc1cc2c(=O)c(-c3ccc4c(c3)OCO4)coc2cc1OC1OC(CO)C(O)C(O)C1O. The van der Waals surface area contributed by atoms with E-state index in [0.717, 1.165) is 0 Å². The molecule has 0 radical (unpaired) electrons. The lowest BCUT2D eigenvalue weighted by Gasteiger charge is -2.39. The van der Waals surface area contributed by atoms with Gasteiger partial charge in [-0.3, -0.25) is 4.79 Å². The molecule has 0 amide bonds. The van der Waals surface area contributed by atoms with E-state index >= 15 is 0 Å². The fraction of sp³-hybridized carbons (Fsp3) is 0.375. The van der Waals surface area contributed by atoms with Crippen molar-refractivity contribution in [3.63, 3.8) is 0 Å². The Hall–Kier alpha value is -3.15. The molecular formula is C24H24O10. The van der Waals surface area contributed by atoms with Gasteiger partial charge < -0.3 is 43.8 Å². The maximum atomic E-state index is 13.3. The van der Waals surface area contributed by atoms with Crippen molar-refractivity contribution < 1.29 is 43.8 Å². The molecule has 2 aromatic carbocycles. The summed E-state index contributed by atoms with van der Waals surface area (Å²) in [4.78, 5) is 13.3. The predicted octanol–water partition coefficient (Wildman–Crippen LogP) is 0.930. The summed E-state index contributed by atoms with van der Waals surface area (Å²) in [6.07, 6.45) is -5.23. The maximum absolute atomic E-state index is 13.3. The van der Waals surface area contributed by atoms with Gasteiger partial charge in [-0.05, 0) is 35.7 Å². The minimum absolute atomic E-state index is 0.127. The Morgan fingerprint density at radius 3 is 2.59 bits per heavy atom. The van der Waals surface area contributed by atoms with Crippen LogP contribution in [0.4, 0.5) is 0 Å². The zero-order valence-electron chi connectivity index (χ0n) is 18.2. The second-order valence-corrected chi connectivity index (χ2v) is 8.17. The number of aliphatic hydroxyl groups excluding tert-OH is 4. The van der Waals surface area contributed by atoms with Crippen molar-refractivity contribution in [3.05, 3.63) is 52.4 Å². The molecule has 2 aliphatic rings. The summed E-state index contributed by atoms with van der Waals surface area (Å²) < 4.78 is 27.7. The predicted molar refractivity (Wildman–Crippen MR) is 118 cm³/mol. The summed E-state index contributed by atoms with van der Waals surface area (Å²) in [5.74, 6) is 1.44. The summed E-state index contributed by atoms with van der Waals surface area (Å²) in [6, 6.07) is 8.37. The van der Waals surface area contributed by atoms with Crippen LogP contribution < -0.4 is 19.6 Å². The van der Waals surface area contributed by atoms with Crippen molar-refractivity contribution in [1.82, 2.24) is 0 Å². The molecule has 1 aromatic heterocycles. The average molecular weight is 472 g/mol. The second kappa shape index (κ2) is 8.90. The second-order valence-electron chi connectivity index (χ2n) is 8.17. The lowest BCUT2D eigenvalue weighted by Crippen LogP contribution is -2.60. The third-order valence-electron chi connectivity index (χ3n) is 6.11. The highest BCUT2D eigenvalue weighted by molar-refractivity contribution is 5.84. The highest BCUT2D eigenvalue weighted by atomic mass is 16.7. The van der Waals surface area contributed by atoms with Crippen LogP contribution in [0.5, 0.6) is 17.2 Å². The van der Waals surface area contributed by atoms with Crippen molar-refractivity contribution in [2.75, 3.05) is 13.4 Å². The van der Waals surface area contributed by atoms with Crippen LogP contribution in [0.15, 0.2) is 45.8 Å². The molecule has 10 heteroatoms. The Morgan fingerprint density at radius 2 is 1.82 bits per heavy atom. The Balaban J connectivity index is 1.50. The smallest absolute Gasteiger partial charge is 0.231 e. The Labute approximate surface area is 193 Å². The van der Waals surface area contributed by atoms with Crippen LogP contribution in [-0.4, -0.2) is 64.5 Å². The van der Waals surface area contributed by atoms with Gasteiger partial charge in [-0.25, -0.2) is 0 Å². The molecule has 0 spiro atoms. The summed E-state index contributed by atoms with van der Waals surface area (Å²) in [5, 5.41) is 40.0. The van der Waals surface area contributed by atoms with Crippen molar-refractivity contribution in [2.45, 2.75) is 44.1 Å². The molecule has 2 aliphatic heterocycles. The van der Waals surface area contributed by atoms with Crippen molar-refractivity contribution in [2.24, 2.45) is 0 Å². The van der Waals surface area contributed by atoms with Gasteiger partial charge in [0, 0.05) is 6.07 Å². The molecule has 0 saturated carbocycles. The number of benzene rings is 2. The summed E-state index contributed by atoms with van der Waals surface area (Å²) in [5.41, 5.74) is 1.63. The molecular weight excluding hydrogens is 448 g/mol. The number of ether oxygens (including phenoxy) is 4. The molecule has 1 saturated heterocycles. The van der Waals surface area contributed by atoms with Gasteiger partial charge in [0.15, 0.2) is 11.5 Å². The van der Waals surface area contributed by atoms with Gasteiger partial charge in [0.05, 0.1) is 17.6 Å². The Morgan fingerprint density at radius 1 is 1.03 bits per heavy atom. The van der Waals surface area contributed by atoms with Crippen molar-refractivity contribution in [1.29, 1.82) is 0 Å². The molecule has 5 rings (SSSR count). The number of hydrogen-bond acceptors (Lipinski definition) is 10. The average Bonchev–Trinajstić information content (AvgIpc) is 3.32. The first kappa shape index (κ1) is 22.6. The van der Waals surface area contributed by atoms with Crippen molar-refractivity contribution >= 4 is 11.0 Å². The minimum Gasteiger partial charge on any atom is -0.463 e. The third-order valence-corrected chi connectivity index (χ3v) is 6.11. The first-order chi connectivity index (χ1) is 16.4. The van der Waals surface area contributed by atoms with E-state index in [-0.39, 0.29) is 23.6 Å². The van der Waals surface area contributed by atoms with E-state index in [1.807, 2.05) is 6.92 Å². The molecule has 5 atom stereocenters. The van der Waals surface area contributed by atoms with E-state index in [1.54, 1.807) is 24.3 Å². The molecule has 3 aromatic rings. The fourth-order valence-corrected chi connectivity index (χ4v) is 4.14. The van der Waals surface area contributed by atoms with E-state index in [1.165, 1.54) is 12.3 Å². The summed E-state index contributed by atoms with van der Waals surface area (Å²) in [6.45, 7) is 1.42. The fourth-order valence-electron chi connectivity index (χ4n) is 4.14. The van der Waals surface area contributed by atoms with Crippen LogP contribution in [0.25, 0.3) is 22.1 Å². The molecule has 34 heavy (non-hydrogen) atoms. The first-order valence-corrected chi connectivity index (χ1v) is 10.9. The van der Waals surface area contributed by atoms with Gasteiger partial charge in [-0.1, -0.05) is 13.0 Å². The van der Waals surface area contributed by atoms with Crippen LogP contribution in [-0.2, 0) is 11.2 Å². The van der Waals surface area contributed by atoms with E-state index in [2.05, 4.69) is 0 Å². The maximum Gasteiger partial charge on any atom is 0.231 e. The molecule has 1 fully saturated rings. The molecule has 0 bridgehead atoms. The normalized spacial score (nSPS) is 26.1. The van der Waals surface area contributed by atoms with E-state index in [9.17, 15) is 25.2 Å². The van der Waals surface area contributed by atoms with Crippen LogP contribution >= 0.6 is 0 Å². The standard InChI is InChI=1S/C24H24O10/c1-2-11-5-13-17(7-16(11)33-24-23(29)22(28)21(27)19(8-25)34-24)30-9-14(20(13)26)12-3-4-15-18(6-12)32-10-31-15/h3-7,9,19,21-25,27-29H,2,8,10H2,1H3. The van der Waals surface area contributed by atoms with Gasteiger partial charge in [-0.2, -0.15) is 0 Å².